The van der Waals surface area contributed by atoms with E-state index in [0.717, 1.165) is 0 Å². The predicted molar refractivity (Wildman–Crippen MR) is 73.0 cm³/mol. The lowest BCUT2D eigenvalue weighted by Gasteiger charge is -2.30. The average Bonchev–Trinajstić information content (AvgIpc) is 2.24. The molecule has 0 bridgehead atoms. The van der Waals surface area contributed by atoms with E-state index >= 15 is 0 Å². The summed E-state index contributed by atoms with van der Waals surface area (Å²) in [7, 11) is -3.47. The van der Waals surface area contributed by atoms with Crippen molar-refractivity contribution in [3.8, 4) is 0 Å². The van der Waals surface area contributed by atoms with E-state index in [4.69, 9.17) is 0 Å². The maximum Gasteiger partial charge on any atom is 0.256 e. The van der Waals surface area contributed by atoms with Crippen LogP contribution < -0.4 is 5.32 Å². The molecule has 0 saturated carbocycles. The van der Waals surface area contributed by atoms with Gasteiger partial charge in [-0.1, -0.05) is 0 Å². The van der Waals surface area contributed by atoms with Gasteiger partial charge in [-0.3, -0.25) is 4.79 Å². The van der Waals surface area contributed by atoms with Gasteiger partial charge in [-0.05, 0) is 32.9 Å². The van der Waals surface area contributed by atoms with E-state index in [0.29, 0.717) is 6.54 Å². The van der Waals surface area contributed by atoms with Crippen molar-refractivity contribution in [3.63, 3.8) is 0 Å². The number of carbonyl (C=O) groups is 1. The van der Waals surface area contributed by atoms with Crippen LogP contribution in [0, 0.1) is 0 Å². The molecule has 2 aliphatic heterocycles. The highest BCUT2D eigenvalue weighted by Crippen LogP contribution is 2.18. The molecule has 6 nitrogen and oxygen atoms in total. The Morgan fingerprint density at radius 3 is 2.74 bits per heavy atom. The highest BCUT2D eigenvalue weighted by molar-refractivity contribution is 7.90. The minimum absolute atomic E-state index is 0.0327. The SMILES string of the molecule is CC(C)(C)NC(=O)C1=CC=CN2CCS(=O)(=O)N=C12. The van der Waals surface area contributed by atoms with E-state index in [9.17, 15) is 13.2 Å². The van der Waals surface area contributed by atoms with Crippen molar-refractivity contribution in [2.75, 3.05) is 12.3 Å². The maximum atomic E-state index is 12.2. The van der Waals surface area contributed by atoms with Gasteiger partial charge in [0.15, 0.2) is 5.84 Å². The summed E-state index contributed by atoms with van der Waals surface area (Å²) in [5.74, 6) is -0.150. The summed E-state index contributed by atoms with van der Waals surface area (Å²) in [4.78, 5) is 13.8. The van der Waals surface area contributed by atoms with Gasteiger partial charge in [0.2, 0.25) is 0 Å². The summed E-state index contributed by atoms with van der Waals surface area (Å²) in [6, 6.07) is 0. The van der Waals surface area contributed by atoms with Gasteiger partial charge in [-0.15, -0.1) is 4.40 Å². The van der Waals surface area contributed by atoms with Crippen LogP contribution in [0.25, 0.3) is 0 Å². The van der Waals surface area contributed by atoms with Crippen molar-refractivity contribution in [2.24, 2.45) is 4.40 Å². The van der Waals surface area contributed by atoms with Crippen molar-refractivity contribution in [1.82, 2.24) is 10.2 Å². The Hall–Kier alpha value is -1.63. The number of amides is 1. The van der Waals surface area contributed by atoms with Gasteiger partial charge in [0.25, 0.3) is 15.9 Å². The number of sulfonamides is 1. The van der Waals surface area contributed by atoms with Gasteiger partial charge in [0.05, 0.1) is 11.3 Å². The summed E-state index contributed by atoms with van der Waals surface area (Å²) < 4.78 is 26.8. The molecule has 2 heterocycles. The van der Waals surface area contributed by atoms with E-state index < -0.39 is 15.6 Å². The van der Waals surface area contributed by atoms with Crippen LogP contribution in [-0.2, 0) is 14.8 Å². The second-order valence-corrected chi connectivity index (χ2v) is 7.27. The lowest BCUT2D eigenvalue weighted by molar-refractivity contribution is -0.118. The molecule has 0 unspecified atom stereocenters. The van der Waals surface area contributed by atoms with Gasteiger partial charge in [0, 0.05) is 18.3 Å². The molecule has 1 amide bonds. The molecule has 0 aromatic rings. The largest absolute Gasteiger partial charge is 0.347 e. The van der Waals surface area contributed by atoms with Gasteiger partial charge in [-0.2, -0.15) is 0 Å². The number of nitrogens with zero attached hydrogens (tertiary/aromatic N) is 2. The zero-order valence-electron chi connectivity index (χ0n) is 11.2. The summed E-state index contributed by atoms with van der Waals surface area (Å²) in [6.45, 7) is 5.90. The summed E-state index contributed by atoms with van der Waals surface area (Å²) >= 11 is 0. The minimum atomic E-state index is -3.47. The summed E-state index contributed by atoms with van der Waals surface area (Å²) in [5, 5.41) is 2.81. The zero-order valence-corrected chi connectivity index (χ0v) is 12.0. The van der Waals surface area contributed by atoms with Gasteiger partial charge < -0.3 is 10.2 Å². The van der Waals surface area contributed by atoms with E-state index in [2.05, 4.69) is 9.71 Å². The van der Waals surface area contributed by atoms with Crippen LogP contribution in [0.4, 0.5) is 0 Å². The number of nitrogens with one attached hydrogen (secondary N) is 1. The van der Waals surface area contributed by atoms with Gasteiger partial charge >= 0.3 is 0 Å². The van der Waals surface area contributed by atoms with Crippen LogP contribution >= 0.6 is 0 Å². The maximum absolute atomic E-state index is 12.2. The molecule has 0 fully saturated rings. The molecule has 0 radical (unpaired) electrons. The molecular formula is C12H17N3O3S. The third-order valence-electron chi connectivity index (χ3n) is 2.59. The number of amidine groups is 1. The third-order valence-corrected chi connectivity index (χ3v) is 3.74. The van der Waals surface area contributed by atoms with Crippen LogP contribution in [0.5, 0.6) is 0 Å². The zero-order chi connectivity index (χ0) is 14.3. The first-order valence-electron chi connectivity index (χ1n) is 5.99. The number of rotatable bonds is 1. The first-order valence-corrected chi connectivity index (χ1v) is 7.59. The molecule has 2 aliphatic rings. The second-order valence-electron chi connectivity index (χ2n) is 5.52. The predicted octanol–water partition coefficient (Wildman–Crippen LogP) is 0.399. The normalized spacial score (nSPS) is 21.3. The first kappa shape index (κ1) is 13.8. The molecule has 7 heteroatoms. The minimum Gasteiger partial charge on any atom is -0.347 e. The van der Waals surface area contributed by atoms with E-state index in [-0.39, 0.29) is 23.1 Å². The number of carbonyl (C=O) groups excluding carboxylic acids is 1. The molecule has 0 aromatic heterocycles. The smallest absolute Gasteiger partial charge is 0.256 e. The monoisotopic (exact) mass is 283 g/mol. The number of hydrogen-bond acceptors (Lipinski definition) is 4. The van der Waals surface area contributed by atoms with Crippen molar-refractivity contribution in [1.29, 1.82) is 0 Å². The Bertz CT molecular complexity index is 594. The second kappa shape index (κ2) is 4.48. The first-order chi connectivity index (χ1) is 8.68. The van der Waals surface area contributed by atoms with Crippen LogP contribution in [0.3, 0.4) is 0 Å². The fourth-order valence-corrected chi connectivity index (χ4v) is 2.79. The van der Waals surface area contributed by atoms with E-state index in [1.165, 1.54) is 0 Å². The quantitative estimate of drug-likeness (QED) is 0.755. The fraction of sp³-hybridized carbons (Fsp3) is 0.500. The van der Waals surface area contributed by atoms with Crippen molar-refractivity contribution >= 4 is 21.8 Å². The molecule has 0 spiro atoms. The Labute approximate surface area is 112 Å². The van der Waals surface area contributed by atoms with Gasteiger partial charge in [0.1, 0.15) is 0 Å². The Balaban J connectivity index is 2.35. The Morgan fingerprint density at radius 1 is 1.42 bits per heavy atom. The van der Waals surface area contributed by atoms with Crippen LogP contribution in [0.2, 0.25) is 0 Å². The third kappa shape index (κ3) is 3.23. The van der Waals surface area contributed by atoms with E-state index in [1.54, 1.807) is 23.3 Å². The highest BCUT2D eigenvalue weighted by atomic mass is 32.2. The molecule has 0 aliphatic carbocycles. The highest BCUT2D eigenvalue weighted by Gasteiger charge is 2.30. The molecule has 1 N–H and O–H groups in total. The molecule has 0 atom stereocenters. The number of allylic oxidation sites excluding steroid dienone is 2. The Morgan fingerprint density at radius 2 is 2.11 bits per heavy atom. The molecule has 0 saturated heterocycles. The van der Waals surface area contributed by atoms with Crippen LogP contribution in [0.1, 0.15) is 20.8 Å². The Kier molecular flexibility index (Phi) is 3.25. The standard InChI is InChI=1S/C12H17N3O3S/c1-12(2,3)13-11(16)9-5-4-6-15-7-8-19(17,18)14-10(9)15/h4-6H,7-8H2,1-3H3,(H,13,16). The lowest BCUT2D eigenvalue weighted by Crippen LogP contribution is -2.46. The van der Waals surface area contributed by atoms with E-state index in [1.807, 2.05) is 20.8 Å². The molecular weight excluding hydrogens is 266 g/mol. The van der Waals surface area contributed by atoms with Crippen molar-refractivity contribution in [2.45, 2.75) is 26.3 Å². The molecule has 104 valence electrons. The topological polar surface area (TPSA) is 78.8 Å². The van der Waals surface area contributed by atoms with Crippen LogP contribution in [0.15, 0.2) is 28.3 Å². The van der Waals surface area contributed by atoms with Crippen molar-refractivity contribution < 1.29 is 13.2 Å². The average molecular weight is 283 g/mol. The number of fused-ring (bicyclic) bond motifs is 1. The summed E-state index contributed by atoms with van der Waals surface area (Å²) in [5.41, 5.74) is -0.112. The summed E-state index contributed by atoms with van der Waals surface area (Å²) in [6.07, 6.45) is 5.02. The van der Waals surface area contributed by atoms with Crippen molar-refractivity contribution in [3.05, 3.63) is 23.9 Å². The van der Waals surface area contributed by atoms with Gasteiger partial charge in [-0.25, -0.2) is 8.42 Å². The molecule has 0 aromatic carbocycles. The molecule has 2 rings (SSSR count). The number of hydrogen-bond donors (Lipinski definition) is 1. The lowest BCUT2D eigenvalue weighted by atomic mass is 10.1. The van der Waals surface area contributed by atoms with Crippen LogP contribution in [-0.4, -0.2) is 42.9 Å². The molecule has 19 heavy (non-hydrogen) atoms. The fourth-order valence-electron chi connectivity index (χ4n) is 1.80.